The Morgan fingerprint density at radius 3 is 2.75 bits per heavy atom. The van der Waals surface area contributed by atoms with Crippen molar-refractivity contribution in [2.45, 2.75) is 44.6 Å². The summed E-state index contributed by atoms with van der Waals surface area (Å²) in [5.41, 5.74) is 0.620. The van der Waals surface area contributed by atoms with E-state index in [1.54, 1.807) is 13.2 Å². The van der Waals surface area contributed by atoms with Crippen LogP contribution in [-0.4, -0.2) is 38.8 Å². The number of hydrogen-bond acceptors (Lipinski definition) is 4. The maximum Gasteiger partial charge on any atom is 0.251 e. The summed E-state index contributed by atoms with van der Waals surface area (Å²) >= 11 is 0. The van der Waals surface area contributed by atoms with Crippen molar-refractivity contribution in [3.05, 3.63) is 23.8 Å². The van der Waals surface area contributed by atoms with Crippen LogP contribution in [0, 0.1) is 5.92 Å². The highest BCUT2D eigenvalue weighted by atomic mass is 16.5. The highest BCUT2D eigenvalue weighted by Crippen LogP contribution is 2.32. The van der Waals surface area contributed by atoms with Gasteiger partial charge in [-0.05, 0) is 75.7 Å². The fourth-order valence-electron chi connectivity index (χ4n) is 3.53. The summed E-state index contributed by atoms with van der Waals surface area (Å²) in [6, 6.07) is 5.45. The minimum Gasteiger partial charge on any atom is -0.493 e. The molecule has 1 heterocycles. The molecule has 1 aliphatic carbocycles. The number of rotatable bonds is 6. The van der Waals surface area contributed by atoms with Crippen molar-refractivity contribution in [2.75, 3.05) is 26.7 Å². The summed E-state index contributed by atoms with van der Waals surface area (Å²) in [6.45, 7) is 2.79. The Balaban J connectivity index is 1.59. The third-order valence-corrected chi connectivity index (χ3v) is 4.97. The van der Waals surface area contributed by atoms with Crippen LogP contribution < -0.4 is 20.1 Å². The van der Waals surface area contributed by atoms with E-state index in [1.807, 2.05) is 12.1 Å². The number of piperidine rings is 1. The first-order chi connectivity index (χ1) is 11.8. The number of carbonyl (C=O) groups is 1. The van der Waals surface area contributed by atoms with Gasteiger partial charge in [0.15, 0.2) is 11.5 Å². The standard InChI is InChI=1S/C19H28N2O3/c1-23-18-11-15(8-9-17(18)24-16-6-2-3-7-16)19(22)21-13-14-5-4-10-20-12-14/h8-9,11,14,16,20H,2-7,10,12-13H2,1H3,(H,21,22). The Morgan fingerprint density at radius 1 is 1.21 bits per heavy atom. The van der Waals surface area contributed by atoms with E-state index in [1.165, 1.54) is 25.7 Å². The molecule has 132 valence electrons. The Bertz CT molecular complexity index is 550. The molecule has 24 heavy (non-hydrogen) atoms. The minimum atomic E-state index is -0.0497. The lowest BCUT2D eigenvalue weighted by molar-refractivity contribution is 0.0944. The van der Waals surface area contributed by atoms with Crippen molar-refractivity contribution in [3.8, 4) is 11.5 Å². The smallest absolute Gasteiger partial charge is 0.251 e. The van der Waals surface area contributed by atoms with Gasteiger partial charge in [0.1, 0.15) is 0 Å². The maximum absolute atomic E-state index is 12.4. The maximum atomic E-state index is 12.4. The summed E-state index contributed by atoms with van der Waals surface area (Å²) in [4.78, 5) is 12.4. The number of methoxy groups -OCH3 is 1. The van der Waals surface area contributed by atoms with Crippen molar-refractivity contribution < 1.29 is 14.3 Å². The second kappa shape index (κ2) is 8.38. The molecule has 0 radical (unpaired) electrons. The summed E-state index contributed by atoms with van der Waals surface area (Å²) in [5, 5.41) is 6.41. The van der Waals surface area contributed by atoms with Crippen molar-refractivity contribution in [3.63, 3.8) is 0 Å². The van der Waals surface area contributed by atoms with Crippen LogP contribution >= 0.6 is 0 Å². The normalized spacial score (nSPS) is 21.5. The molecule has 3 rings (SSSR count). The Hall–Kier alpha value is -1.75. The van der Waals surface area contributed by atoms with Gasteiger partial charge in [-0.1, -0.05) is 0 Å². The van der Waals surface area contributed by atoms with Gasteiger partial charge >= 0.3 is 0 Å². The molecule has 2 fully saturated rings. The number of carbonyl (C=O) groups excluding carboxylic acids is 1. The Kier molecular flexibility index (Phi) is 5.96. The molecular formula is C19H28N2O3. The number of hydrogen-bond donors (Lipinski definition) is 2. The van der Waals surface area contributed by atoms with Gasteiger partial charge < -0.3 is 20.1 Å². The SMILES string of the molecule is COc1cc(C(=O)NCC2CCCNC2)ccc1OC1CCCC1. The molecular weight excluding hydrogens is 304 g/mol. The van der Waals surface area contributed by atoms with Crippen LogP contribution in [0.2, 0.25) is 0 Å². The largest absolute Gasteiger partial charge is 0.493 e. The lowest BCUT2D eigenvalue weighted by Crippen LogP contribution is -2.38. The fourth-order valence-corrected chi connectivity index (χ4v) is 3.53. The van der Waals surface area contributed by atoms with Crippen LogP contribution in [-0.2, 0) is 0 Å². The quantitative estimate of drug-likeness (QED) is 0.841. The molecule has 1 saturated heterocycles. The first kappa shape index (κ1) is 17.1. The molecule has 1 amide bonds. The van der Waals surface area contributed by atoms with Crippen LogP contribution in [0.1, 0.15) is 48.9 Å². The second-order valence-electron chi connectivity index (χ2n) is 6.81. The summed E-state index contributed by atoms with van der Waals surface area (Å²) in [7, 11) is 1.62. The molecule has 1 atom stereocenters. The molecule has 5 heteroatoms. The molecule has 1 saturated carbocycles. The van der Waals surface area contributed by atoms with E-state index < -0.39 is 0 Å². The lowest BCUT2D eigenvalue weighted by Gasteiger charge is -2.23. The van der Waals surface area contributed by atoms with Gasteiger partial charge in [0.2, 0.25) is 0 Å². The van der Waals surface area contributed by atoms with E-state index in [0.717, 1.165) is 31.7 Å². The monoisotopic (exact) mass is 332 g/mol. The molecule has 0 bridgehead atoms. The zero-order chi connectivity index (χ0) is 16.8. The molecule has 1 aromatic rings. The summed E-state index contributed by atoms with van der Waals surface area (Å²) in [6.07, 6.45) is 7.28. The van der Waals surface area contributed by atoms with Crippen molar-refractivity contribution in [1.82, 2.24) is 10.6 Å². The van der Waals surface area contributed by atoms with E-state index in [4.69, 9.17) is 9.47 Å². The minimum absolute atomic E-state index is 0.0497. The predicted octanol–water partition coefficient (Wildman–Crippen LogP) is 2.75. The fraction of sp³-hybridized carbons (Fsp3) is 0.632. The van der Waals surface area contributed by atoms with E-state index >= 15 is 0 Å². The first-order valence-corrected chi connectivity index (χ1v) is 9.10. The van der Waals surface area contributed by atoms with Crippen molar-refractivity contribution in [1.29, 1.82) is 0 Å². The summed E-state index contributed by atoms with van der Waals surface area (Å²) < 4.78 is 11.4. The van der Waals surface area contributed by atoms with E-state index in [-0.39, 0.29) is 12.0 Å². The topological polar surface area (TPSA) is 59.6 Å². The van der Waals surface area contributed by atoms with Gasteiger partial charge in [-0.15, -0.1) is 0 Å². The average Bonchev–Trinajstić information content (AvgIpc) is 3.14. The molecule has 2 N–H and O–H groups in total. The molecule has 5 nitrogen and oxygen atoms in total. The zero-order valence-corrected chi connectivity index (χ0v) is 14.5. The molecule has 0 aromatic heterocycles. The predicted molar refractivity (Wildman–Crippen MR) is 93.8 cm³/mol. The third kappa shape index (κ3) is 4.41. The van der Waals surface area contributed by atoms with Gasteiger partial charge in [0.05, 0.1) is 13.2 Å². The number of amides is 1. The lowest BCUT2D eigenvalue weighted by atomic mass is 9.99. The number of nitrogens with one attached hydrogen (secondary N) is 2. The van der Waals surface area contributed by atoms with E-state index in [0.29, 0.717) is 23.8 Å². The first-order valence-electron chi connectivity index (χ1n) is 9.10. The number of benzene rings is 1. The van der Waals surface area contributed by atoms with Crippen molar-refractivity contribution in [2.24, 2.45) is 5.92 Å². The van der Waals surface area contributed by atoms with Crippen molar-refractivity contribution >= 4 is 5.91 Å². The van der Waals surface area contributed by atoms with Gasteiger partial charge in [-0.2, -0.15) is 0 Å². The van der Waals surface area contributed by atoms with Crippen LogP contribution in [0.25, 0.3) is 0 Å². The van der Waals surface area contributed by atoms with Gasteiger partial charge in [0.25, 0.3) is 5.91 Å². The average molecular weight is 332 g/mol. The zero-order valence-electron chi connectivity index (χ0n) is 14.5. The third-order valence-electron chi connectivity index (χ3n) is 4.97. The number of ether oxygens (including phenoxy) is 2. The highest BCUT2D eigenvalue weighted by Gasteiger charge is 2.20. The summed E-state index contributed by atoms with van der Waals surface area (Å²) in [5.74, 6) is 1.84. The molecule has 1 unspecified atom stereocenters. The van der Waals surface area contributed by atoms with Gasteiger partial charge in [0, 0.05) is 12.1 Å². The molecule has 1 aliphatic heterocycles. The van der Waals surface area contributed by atoms with Gasteiger partial charge in [-0.3, -0.25) is 4.79 Å². The molecule has 1 aromatic carbocycles. The molecule has 2 aliphatic rings. The van der Waals surface area contributed by atoms with E-state index in [9.17, 15) is 4.79 Å². The highest BCUT2D eigenvalue weighted by molar-refractivity contribution is 5.94. The van der Waals surface area contributed by atoms with E-state index in [2.05, 4.69) is 10.6 Å². The Morgan fingerprint density at radius 2 is 2.04 bits per heavy atom. The molecule has 0 spiro atoms. The van der Waals surface area contributed by atoms with Crippen LogP contribution in [0.3, 0.4) is 0 Å². The second-order valence-corrected chi connectivity index (χ2v) is 6.81. The Labute approximate surface area is 144 Å². The van der Waals surface area contributed by atoms with Gasteiger partial charge in [-0.25, -0.2) is 0 Å². The van der Waals surface area contributed by atoms with Crippen LogP contribution in [0.4, 0.5) is 0 Å². The van der Waals surface area contributed by atoms with Crippen LogP contribution in [0.15, 0.2) is 18.2 Å². The van der Waals surface area contributed by atoms with Crippen LogP contribution in [0.5, 0.6) is 11.5 Å².